The Morgan fingerprint density at radius 2 is 1.96 bits per heavy atom. The summed E-state index contributed by atoms with van der Waals surface area (Å²) in [4.78, 5) is 27.7. The number of hydrogen-bond donors (Lipinski definition) is 2. The third-order valence-corrected chi connectivity index (χ3v) is 3.80. The zero-order valence-corrected chi connectivity index (χ0v) is 13.7. The Bertz CT molecular complexity index is 718. The number of carboxylic acids is 1. The summed E-state index contributed by atoms with van der Waals surface area (Å²) in [5, 5.41) is 11.8. The molecule has 0 radical (unpaired) electrons. The van der Waals surface area contributed by atoms with Crippen LogP contribution in [0.25, 0.3) is 0 Å². The first-order chi connectivity index (χ1) is 11.4. The smallest absolute Gasteiger partial charge is 0.329 e. The molecule has 1 heterocycles. The highest BCUT2D eigenvalue weighted by Crippen LogP contribution is 2.15. The second-order valence-corrected chi connectivity index (χ2v) is 5.60. The summed E-state index contributed by atoms with van der Waals surface area (Å²) in [6, 6.07) is 12.6. The van der Waals surface area contributed by atoms with Crippen molar-refractivity contribution >= 4 is 11.9 Å². The second-order valence-electron chi connectivity index (χ2n) is 5.60. The van der Waals surface area contributed by atoms with Crippen LogP contribution in [-0.2, 0) is 11.4 Å². The fourth-order valence-electron chi connectivity index (χ4n) is 1.98. The zero-order valence-electron chi connectivity index (χ0n) is 13.7. The molecule has 1 aromatic heterocycles. The molecule has 6 heteroatoms. The SMILES string of the molecule is CCC(C)(NC(=O)c1ccnc(OCc2ccccc2)c1)C(=O)O. The van der Waals surface area contributed by atoms with Crippen molar-refractivity contribution in [1.29, 1.82) is 0 Å². The Hall–Kier alpha value is -2.89. The molecule has 1 aromatic carbocycles. The van der Waals surface area contributed by atoms with Gasteiger partial charge in [-0.2, -0.15) is 0 Å². The number of nitrogens with one attached hydrogen (secondary N) is 1. The number of amides is 1. The molecule has 2 rings (SSSR count). The second kappa shape index (κ2) is 7.59. The number of aliphatic carboxylic acids is 1. The van der Waals surface area contributed by atoms with Crippen LogP contribution >= 0.6 is 0 Å². The third-order valence-electron chi connectivity index (χ3n) is 3.80. The molecule has 126 valence electrons. The van der Waals surface area contributed by atoms with Crippen molar-refractivity contribution in [2.24, 2.45) is 0 Å². The summed E-state index contributed by atoms with van der Waals surface area (Å²) in [5.41, 5.74) is -0.0293. The Labute approximate surface area is 140 Å². The van der Waals surface area contributed by atoms with Crippen LogP contribution in [0, 0.1) is 0 Å². The van der Waals surface area contributed by atoms with Gasteiger partial charge in [-0.25, -0.2) is 9.78 Å². The van der Waals surface area contributed by atoms with Gasteiger partial charge in [0, 0.05) is 17.8 Å². The fourth-order valence-corrected chi connectivity index (χ4v) is 1.98. The molecular weight excluding hydrogens is 308 g/mol. The van der Waals surface area contributed by atoms with Gasteiger partial charge < -0.3 is 15.2 Å². The largest absolute Gasteiger partial charge is 0.480 e. The quantitative estimate of drug-likeness (QED) is 0.816. The highest BCUT2D eigenvalue weighted by atomic mass is 16.5. The maximum atomic E-state index is 12.3. The summed E-state index contributed by atoms with van der Waals surface area (Å²) < 4.78 is 5.58. The summed E-state index contributed by atoms with van der Waals surface area (Å²) in [6.07, 6.45) is 1.73. The molecule has 24 heavy (non-hydrogen) atoms. The van der Waals surface area contributed by atoms with Gasteiger partial charge >= 0.3 is 5.97 Å². The molecule has 1 unspecified atom stereocenters. The molecule has 1 amide bonds. The van der Waals surface area contributed by atoms with E-state index in [9.17, 15) is 14.7 Å². The molecule has 0 aliphatic carbocycles. The number of benzene rings is 1. The van der Waals surface area contributed by atoms with E-state index in [1.54, 1.807) is 6.92 Å². The van der Waals surface area contributed by atoms with Crippen LogP contribution in [0.2, 0.25) is 0 Å². The molecule has 0 aliphatic rings. The number of carbonyl (C=O) groups excluding carboxylic acids is 1. The first-order valence-corrected chi connectivity index (χ1v) is 7.63. The molecule has 0 spiro atoms. The summed E-state index contributed by atoms with van der Waals surface area (Å²) in [6.45, 7) is 3.51. The summed E-state index contributed by atoms with van der Waals surface area (Å²) >= 11 is 0. The van der Waals surface area contributed by atoms with Crippen LogP contribution < -0.4 is 10.1 Å². The van der Waals surface area contributed by atoms with E-state index >= 15 is 0 Å². The molecular formula is C18H20N2O4. The van der Waals surface area contributed by atoms with E-state index in [-0.39, 0.29) is 6.42 Å². The molecule has 0 saturated heterocycles. The summed E-state index contributed by atoms with van der Waals surface area (Å²) in [5.74, 6) is -1.25. The van der Waals surface area contributed by atoms with E-state index in [0.717, 1.165) is 5.56 Å². The third kappa shape index (κ3) is 4.32. The van der Waals surface area contributed by atoms with Crippen LogP contribution in [0.5, 0.6) is 5.88 Å². The maximum Gasteiger partial charge on any atom is 0.329 e. The lowest BCUT2D eigenvalue weighted by Crippen LogP contribution is -2.51. The van der Waals surface area contributed by atoms with Crippen molar-refractivity contribution in [3.8, 4) is 5.88 Å². The zero-order chi connectivity index (χ0) is 17.6. The van der Waals surface area contributed by atoms with Crippen molar-refractivity contribution in [2.75, 3.05) is 0 Å². The minimum absolute atomic E-state index is 0.274. The van der Waals surface area contributed by atoms with Crippen LogP contribution in [0.15, 0.2) is 48.7 Å². The number of nitrogens with zero attached hydrogens (tertiary/aromatic N) is 1. The average molecular weight is 328 g/mol. The standard InChI is InChI=1S/C18H20N2O4/c1-3-18(2,17(22)23)20-16(21)14-9-10-19-15(11-14)24-12-13-7-5-4-6-8-13/h4-11H,3,12H2,1-2H3,(H,20,21)(H,22,23). The number of hydrogen-bond acceptors (Lipinski definition) is 4. The monoisotopic (exact) mass is 328 g/mol. The first-order valence-electron chi connectivity index (χ1n) is 7.63. The van der Waals surface area contributed by atoms with Gasteiger partial charge in [-0.1, -0.05) is 37.3 Å². The van der Waals surface area contributed by atoms with Crippen molar-refractivity contribution in [2.45, 2.75) is 32.4 Å². The minimum Gasteiger partial charge on any atom is -0.480 e. The van der Waals surface area contributed by atoms with E-state index in [1.165, 1.54) is 25.3 Å². The molecule has 0 bridgehead atoms. The molecule has 6 nitrogen and oxygen atoms in total. The van der Waals surface area contributed by atoms with Crippen molar-refractivity contribution in [1.82, 2.24) is 10.3 Å². The highest BCUT2D eigenvalue weighted by molar-refractivity contribution is 5.97. The van der Waals surface area contributed by atoms with Crippen LogP contribution in [-0.4, -0.2) is 27.5 Å². The number of carbonyl (C=O) groups is 2. The Balaban J connectivity index is 2.06. The molecule has 0 fully saturated rings. The topological polar surface area (TPSA) is 88.5 Å². The van der Waals surface area contributed by atoms with Crippen molar-refractivity contribution in [3.05, 3.63) is 59.8 Å². The van der Waals surface area contributed by atoms with Gasteiger partial charge in [0.25, 0.3) is 5.91 Å². The van der Waals surface area contributed by atoms with Gasteiger partial charge in [0.15, 0.2) is 0 Å². The maximum absolute atomic E-state index is 12.3. The predicted molar refractivity (Wildman–Crippen MR) is 88.8 cm³/mol. The van der Waals surface area contributed by atoms with Crippen LogP contribution in [0.1, 0.15) is 36.2 Å². The average Bonchev–Trinajstić information content (AvgIpc) is 2.60. The number of carboxylic acid groups (broad SMARTS) is 1. The van der Waals surface area contributed by atoms with Gasteiger partial charge in [0.05, 0.1) is 0 Å². The van der Waals surface area contributed by atoms with Crippen LogP contribution in [0.3, 0.4) is 0 Å². The highest BCUT2D eigenvalue weighted by Gasteiger charge is 2.33. The van der Waals surface area contributed by atoms with E-state index in [4.69, 9.17) is 4.74 Å². The lowest BCUT2D eigenvalue weighted by atomic mass is 9.98. The van der Waals surface area contributed by atoms with E-state index in [2.05, 4.69) is 10.3 Å². The van der Waals surface area contributed by atoms with Gasteiger partial charge in [-0.3, -0.25) is 4.79 Å². The Morgan fingerprint density at radius 3 is 2.58 bits per heavy atom. The molecule has 0 saturated carbocycles. The van der Waals surface area contributed by atoms with E-state index in [0.29, 0.717) is 18.1 Å². The van der Waals surface area contributed by atoms with Gasteiger partial charge in [-0.05, 0) is 25.0 Å². The van der Waals surface area contributed by atoms with Gasteiger partial charge in [0.1, 0.15) is 12.1 Å². The number of ether oxygens (including phenoxy) is 1. The van der Waals surface area contributed by atoms with Crippen molar-refractivity contribution < 1.29 is 19.4 Å². The van der Waals surface area contributed by atoms with Crippen LogP contribution in [0.4, 0.5) is 0 Å². The molecule has 2 N–H and O–H groups in total. The molecule has 1 atom stereocenters. The molecule has 0 aliphatic heterocycles. The number of pyridine rings is 1. The predicted octanol–water partition coefficient (Wildman–Crippen LogP) is 2.64. The Morgan fingerprint density at radius 1 is 1.25 bits per heavy atom. The minimum atomic E-state index is -1.31. The van der Waals surface area contributed by atoms with Gasteiger partial charge in [-0.15, -0.1) is 0 Å². The number of rotatable bonds is 7. The number of aromatic nitrogens is 1. The normalized spacial score (nSPS) is 12.9. The lowest BCUT2D eigenvalue weighted by Gasteiger charge is -2.24. The fraction of sp³-hybridized carbons (Fsp3) is 0.278. The summed E-state index contributed by atoms with van der Waals surface area (Å²) in [7, 11) is 0. The molecule has 2 aromatic rings. The van der Waals surface area contributed by atoms with E-state index in [1.807, 2.05) is 30.3 Å². The first kappa shape index (κ1) is 17.5. The van der Waals surface area contributed by atoms with E-state index < -0.39 is 17.4 Å². The van der Waals surface area contributed by atoms with Gasteiger partial charge in [0.2, 0.25) is 5.88 Å². The Kier molecular flexibility index (Phi) is 5.52. The lowest BCUT2D eigenvalue weighted by molar-refractivity contribution is -0.143. The van der Waals surface area contributed by atoms with Crippen molar-refractivity contribution in [3.63, 3.8) is 0 Å².